The predicted octanol–water partition coefficient (Wildman–Crippen LogP) is 2.04. The summed E-state index contributed by atoms with van der Waals surface area (Å²) >= 11 is 0. The van der Waals surface area contributed by atoms with Crippen LogP contribution in [0.25, 0.3) is 5.69 Å². The van der Waals surface area contributed by atoms with Gasteiger partial charge in [-0.1, -0.05) is 11.6 Å². The number of anilines is 1. The smallest absolute Gasteiger partial charge is 0.261 e. The highest BCUT2D eigenvalue weighted by atomic mass is 19.1. The summed E-state index contributed by atoms with van der Waals surface area (Å²) in [4.78, 5) is 38.3. The van der Waals surface area contributed by atoms with Crippen molar-refractivity contribution in [3.05, 3.63) is 64.7 Å². The highest BCUT2D eigenvalue weighted by Gasteiger charge is 2.35. The van der Waals surface area contributed by atoms with Crippen LogP contribution in [-0.4, -0.2) is 49.4 Å². The van der Waals surface area contributed by atoms with Crippen molar-refractivity contribution in [2.75, 3.05) is 11.9 Å². The average molecular weight is 408 g/mol. The largest absolute Gasteiger partial charge is 0.326 e. The number of benzene rings is 2. The highest BCUT2D eigenvalue weighted by Crippen LogP contribution is 2.24. The maximum Gasteiger partial charge on any atom is 0.261 e. The van der Waals surface area contributed by atoms with Gasteiger partial charge in [-0.15, -0.1) is 5.10 Å². The van der Waals surface area contributed by atoms with Gasteiger partial charge in [-0.05, 0) is 54.6 Å². The number of fused-ring (bicyclic) bond motifs is 1. The van der Waals surface area contributed by atoms with Crippen LogP contribution in [0.5, 0.6) is 0 Å². The van der Waals surface area contributed by atoms with Crippen molar-refractivity contribution in [2.45, 2.75) is 20.3 Å². The van der Waals surface area contributed by atoms with Crippen LogP contribution in [0.3, 0.4) is 0 Å². The number of carbonyl (C=O) groups is 3. The van der Waals surface area contributed by atoms with Crippen molar-refractivity contribution < 1.29 is 18.8 Å². The van der Waals surface area contributed by atoms with Gasteiger partial charge in [0.1, 0.15) is 11.5 Å². The Bertz CT molecular complexity index is 1190. The number of carbonyl (C=O) groups excluding carboxylic acids is 3. The van der Waals surface area contributed by atoms with Crippen molar-refractivity contribution in [2.24, 2.45) is 0 Å². The molecule has 3 amide bonds. The Balaban J connectivity index is 1.43. The summed E-state index contributed by atoms with van der Waals surface area (Å²) < 4.78 is 15.4. The van der Waals surface area contributed by atoms with E-state index in [1.54, 1.807) is 25.1 Å². The van der Waals surface area contributed by atoms with Gasteiger partial charge in [0.05, 0.1) is 11.1 Å². The quantitative estimate of drug-likeness (QED) is 0.647. The third kappa shape index (κ3) is 3.43. The maximum atomic E-state index is 14.1. The van der Waals surface area contributed by atoms with Crippen molar-refractivity contribution in [1.82, 2.24) is 25.1 Å². The molecule has 152 valence electrons. The Morgan fingerprint density at radius 2 is 1.83 bits per heavy atom. The lowest BCUT2D eigenvalue weighted by Crippen LogP contribution is -2.32. The number of rotatable bonds is 5. The fraction of sp³-hybridized carbons (Fsp3) is 0.200. The van der Waals surface area contributed by atoms with Crippen LogP contribution in [0, 0.1) is 19.7 Å². The van der Waals surface area contributed by atoms with Crippen LogP contribution in [-0.2, 0) is 4.79 Å². The summed E-state index contributed by atoms with van der Waals surface area (Å²) in [6, 6.07) is 9.04. The number of halogens is 1. The molecule has 1 aliphatic rings. The average Bonchev–Trinajstić information content (AvgIpc) is 3.23. The number of hydrogen-bond donors (Lipinski definition) is 1. The third-order valence-corrected chi connectivity index (χ3v) is 4.77. The van der Waals surface area contributed by atoms with E-state index in [9.17, 15) is 18.8 Å². The summed E-state index contributed by atoms with van der Waals surface area (Å²) in [5.41, 5.74) is 1.99. The molecule has 10 heteroatoms. The van der Waals surface area contributed by atoms with Crippen LogP contribution >= 0.6 is 0 Å². The number of hydrogen-bond acceptors (Lipinski definition) is 6. The molecule has 0 aliphatic carbocycles. The van der Waals surface area contributed by atoms with Gasteiger partial charge in [0.25, 0.3) is 11.8 Å². The second-order valence-corrected chi connectivity index (χ2v) is 6.91. The number of tetrazole rings is 1. The van der Waals surface area contributed by atoms with Crippen LogP contribution < -0.4 is 5.32 Å². The molecule has 1 aromatic heterocycles. The first-order valence-corrected chi connectivity index (χ1v) is 9.17. The lowest BCUT2D eigenvalue weighted by molar-refractivity contribution is -0.116. The van der Waals surface area contributed by atoms with Crippen molar-refractivity contribution in [1.29, 1.82) is 0 Å². The zero-order valence-corrected chi connectivity index (χ0v) is 16.2. The molecule has 1 N–H and O–H groups in total. The van der Waals surface area contributed by atoms with E-state index in [0.717, 1.165) is 10.5 Å². The van der Waals surface area contributed by atoms with E-state index in [1.165, 1.54) is 22.9 Å². The molecular weight excluding hydrogens is 391 g/mol. The molecule has 0 radical (unpaired) electrons. The topological polar surface area (TPSA) is 110 Å². The van der Waals surface area contributed by atoms with Gasteiger partial charge < -0.3 is 5.32 Å². The number of imide groups is 1. The SMILES string of the molecule is Cc1ccc2c(c1)C(=O)N(CCC(=O)Nc1ccc(F)c(-n3nnnc3C)c1)C2=O. The molecule has 0 spiro atoms. The molecule has 2 aromatic carbocycles. The maximum absolute atomic E-state index is 14.1. The van der Waals surface area contributed by atoms with Gasteiger partial charge in [-0.3, -0.25) is 19.3 Å². The zero-order chi connectivity index (χ0) is 21.4. The molecule has 0 unspecified atom stereocenters. The third-order valence-electron chi connectivity index (χ3n) is 4.77. The van der Waals surface area contributed by atoms with Gasteiger partial charge in [-0.25, -0.2) is 4.39 Å². The molecule has 2 heterocycles. The summed E-state index contributed by atoms with van der Waals surface area (Å²) in [6.07, 6.45) is -0.0962. The van der Waals surface area contributed by atoms with Gasteiger partial charge in [0.2, 0.25) is 5.91 Å². The zero-order valence-electron chi connectivity index (χ0n) is 16.2. The minimum Gasteiger partial charge on any atom is -0.326 e. The molecule has 4 rings (SSSR count). The summed E-state index contributed by atoms with van der Waals surface area (Å²) in [7, 11) is 0. The molecule has 0 fully saturated rings. The molecule has 0 atom stereocenters. The fourth-order valence-electron chi connectivity index (χ4n) is 3.25. The Morgan fingerprint density at radius 3 is 2.57 bits per heavy atom. The van der Waals surface area contributed by atoms with Crippen LogP contribution in [0.1, 0.15) is 38.5 Å². The monoisotopic (exact) mass is 408 g/mol. The van der Waals surface area contributed by atoms with Crippen LogP contribution in [0.15, 0.2) is 36.4 Å². The lowest BCUT2D eigenvalue weighted by Gasteiger charge is -2.14. The summed E-state index contributed by atoms with van der Waals surface area (Å²) in [5, 5.41) is 13.6. The van der Waals surface area contributed by atoms with Gasteiger partial charge in [-0.2, -0.15) is 4.68 Å². The number of nitrogens with one attached hydrogen (secondary N) is 1. The van der Waals surface area contributed by atoms with E-state index in [4.69, 9.17) is 0 Å². The van der Waals surface area contributed by atoms with Crippen molar-refractivity contribution in [3.8, 4) is 5.69 Å². The Labute approximate surface area is 170 Å². The second-order valence-electron chi connectivity index (χ2n) is 6.91. The van der Waals surface area contributed by atoms with E-state index < -0.39 is 23.5 Å². The highest BCUT2D eigenvalue weighted by molar-refractivity contribution is 6.21. The minimum absolute atomic E-state index is 0.0582. The molecule has 0 saturated carbocycles. The van der Waals surface area contributed by atoms with E-state index in [2.05, 4.69) is 20.8 Å². The second kappa shape index (κ2) is 7.47. The first-order chi connectivity index (χ1) is 14.3. The Hall–Kier alpha value is -3.95. The van der Waals surface area contributed by atoms with E-state index in [0.29, 0.717) is 22.6 Å². The fourth-order valence-corrected chi connectivity index (χ4v) is 3.25. The Morgan fingerprint density at radius 1 is 1.07 bits per heavy atom. The van der Waals surface area contributed by atoms with E-state index in [1.807, 2.05) is 6.92 Å². The van der Waals surface area contributed by atoms with Crippen LogP contribution in [0.2, 0.25) is 0 Å². The van der Waals surface area contributed by atoms with Crippen molar-refractivity contribution in [3.63, 3.8) is 0 Å². The number of aryl methyl sites for hydroxylation is 2. The standard InChI is InChI=1S/C20H17FN6O3/c1-11-3-5-14-15(9-11)20(30)26(19(14)29)8-7-18(28)22-13-4-6-16(21)17(10-13)27-12(2)23-24-25-27/h3-6,9-10H,7-8H2,1-2H3,(H,22,28). The van der Waals surface area contributed by atoms with Gasteiger partial charge >= 0.3 is 0 Å². The Kier molecular flexibility index (Phi) is 4.82. The number of nitrogens with zero attached hydrogens (tertiary/aromatic N) is 5. The lowest BCUT2D eigenvalue weighted by atomic mass is 10.1. The summed E-state index contributed by atoms with van der Waals surface area (Å²) in [5.74, 6) is -1.41. The van der Waals surface area contributed by atoms with Crippen molar-refractivity contribution >= 4 is 23.4 Å². The number of amides is 3. The molecule has 3 aromatic rings. The molecule has 30 heavy (non-hydrogen) atoms. The van der Waals surface area contributed by atoms with E-state index >= 15 is 0 Å². The molecule has 0 bridgehead atoms. The molecule has 1 aliphatic heterocycles. The van der Waals surface area contributed by atoms with E-state index in [-0.39, 0.29) is 18.7 Å². The predicted molar refractivity (Wildman–Crippen MR) is 104 cm³/mol. The first kappa shape index (κ1) is 19.4. The number of aromatic nitrogens is 4. The first-order valence-electron chi connectivity index (χ1n) is 9.17. The molecule has 9 nitrogen and oxygen atoms in total. The van der Waals surface area contributed by atoms with Gasteiger partial charge in [0.15, 0.2) is 5.82 Å². The normalized spacial score (nSPS) is 13.0. The van der Waals surface area contributed by atoms with Gasteiger partial charge in [0, 0.05) is 18.7 Å². The molecular formula is C20H17FN6O3. The minimum atomic E-state index is -0.551. The molecule has 0 saturated heterocycles. The summed E-state index contributed by atoms with van der Waals surface area (Å²) in [6.45, 7) is 3.40. The van der Waals surface area contributed by atoms with Crippen LogP contribution in [0.4, 0.5) is 10.1 Å².